The van der Waals surface area contributed by atoms with Gasteiger partial charge in [-0.25, -0.2) is 13.6 Å². The third-order valence-corrected chi connectivity index (χ3v) is 0. The molecule has 0 aliphatic heterocycles. The predicted octanol–water partition coefficient (Wildman–Crippen LogP) is -2.44. The lowest BCUT2D eigenvalue weighted by molar-refractivity contribution is 0.616. The first-order chi connectivity index (χ1) is 1.73. The Morgan fingerprint density at radius 2 is 1.40 bits per heavy atom. The van der Waals surface area contributed by atoms with Gasteiger partial charge in [-0.1, -0.05) is 0 Å². The van der Waals surface area contributed by atoms with E-state index in [1.807, 2.05) is 0 Å². The molecule has 0 aliphatic rings. The number of rotatable bonds is 0. The van der Waals surface area contributed by atoms with Gasteiger partial charge in [-0.15, -0.1) is 0 Å². The Kier molecular flexibility index (Phi) is 8.59. The van der Waals surface area contributed by atoms with Crippen LogP contribution in [-0.4, -0.2) is 31.5 Å². The van der Waals surface area contributed by atoms with Crippen LogP contribution in [0.4, 0.5) is 0 Å². The van der Waals surface area contributed by atoms with E-state index in [1.54, 1.807) is 0 Å². The Morgan fingerprint density at radius 1 is 1.40 bits per heavy atom. The molecule has 0 fully saturated rings. The van der Waals surface area contributed by atoms with Gasteiger partial charge < -0.3 is 0 Å². The smallest absolute Gasteiger partial charge is 0.231 e. The highest BCUT2D eigenvalue weighted by molar-refractivity contribution is 7.69. The number of hydrogen-bond donors (Lipinski definition) is 2. The van der Waals surface area contributed by atoms with Crippen LogP contribution in [-0.2, 0) is 10.9 Å². The minimum absolute atomic E-state index is 0. The first-order valence-corrected chi connectivity index (χ1v) is 1.87. The van der Waals surface area contributed by atoms with E-state index >= 15 is 0 Å². The summed E-state index contributed by atoms with van der Waals surface area (Å²) < 4.78 is 17.6. The van der Waals surface area contributed by atoms with Gasteiger partial charge >= 0.3 is 23.1 Å². The minimum atomic E-state index is -2.62. The molecular formula is H5MgNO2S. The van der Waals surface area contributed by atoms with Gasteiger partial charge in [-0.3, -0.25) is 0 Å². The van der Waals surface area contributed by atoms with Crippen molar-refractivity contribution in [3.8, 4) is 0 Å². The van der Waals surface area contributed by atoms with Crippen molar-refractivity contribution in [2.45, 2.75) is 0 Å². The monoisotopic (exact) mass is 107 g/mol. The van der Waals surface area contributed by atoms with Crippen molar-refractivity contribution >= 4 is 33.9 Å². The standard InChI is InChI=1S/Mg.H3NO2S.2H/c;1-4(2)3;;/h;4H,(H2,1,2,3);;. The topological polar surface area (TPSA) is 60.2 Å². The van der Waals surface area contributed by atoms with Gasteiger partial charge in [0, 0.05) is 0 Å². The van der Waals surface area contributed by atoms with E-state index in [9.17, 15) is 0 Å². The maximum atomic E-state index is 8.81. The highest BCUT2D eigenvalue weighted by atomic mass is 32.2. The zero-order valence-electron chi connectivity index (χ0n) is 1.84. The molecule has 0 atom stereocenters. The normalized spacial score (nSPS) is 6.80. The van der Waals surface area contributed by atoms with Crippen LogP contribution in [0.2, 0.25) is 0 Å². The van der Waals surface area contributed by atoms with Crippen LogP contribution < -0.4 is 5.14 Å². The van der Waals surface area contributed by atoms with Gasteiger partial charge in [0.1, 0.15) is 0 Å². The largest absolute Gasteiger partial charge is 0.316 e. The summed E-state index contributed by atoms with van der Waals surface area (Å²) in [7, 11) is -2.62. The number of thiol groups is 1. The van der Waals surface area contributed by atoms with Gasteiger partial charge in [-0.2, -0.15) is 0 Å². The van der Waals surface area contributed by atoms with E-state index in [-0.39, 0.29) is 23.1 Å². The first-order valence-electron chi connectivity index (χ1n) is 0.623. The molecule has 0 aromatic rings. The molecule has 0 radical (unpaired) electrons. The molecule has 2 N–H and O–H groups in total. The summed E-state index contributed by atoms with van der Waals surface area (Å²) in [5, 5.41) is 4.06. The lowest BCUT2D eigenvalue weighted by Gasteiger charge is -1.44. The van der Waals surface area contributed by atoms with Crippen molar-refractivity contribution in [3.05, 3.63) is 0 Å². The van der Waals surface area contributed by atoms with Crippen LogP contribution in [0.25, 0.3) is 0 Å². The second kappa shape index (κ2) is 4.68. The molecule has 0 saturated carbocycles. The molecule has 0 aromatic heterocycles. The van der Waals surface area contributed by atoms with Crippen LogP contribution in [0.3, 0.4) is 0 Å². The number of nitrogens with two attached hydrogens (primary N) is 1. The Balaban J connectivity index is 0. The van der Waals surface area contributed by atoms with Crippen molar-refractivity contribution in [2.75, 3.05) is 0 Å². The second-order valence-electron chi connectivity index (χ2n) is 0.285. The molecule has 0 aliphatic carbocycles. The molecule has 0 heterocycles. The van der Waals surface area contributed by atoms with E-state index in [0.29, 0.717) is 0 Å². The second-order valence-corrected chi connectivity index (χ2v) is 0.856. The van der Waals surface area contributed by atoms with Gasteiger partial charge in [0.25, 0.3) is 0 Å². The molecule has 5 heavy (non-hydrogen) atoms. The summed E-state index contributed by atoms with van der Waals surface area (Å²) in [4.78, 5) is 0. The molecule has 0 bridgehead atoms. The van der Waals surface area contributed by atoms with Gasteiger partial charge in [0.15, 0.2) is 10.9 Å². The fourth-order valence-corrected chi connectivity index (χ4v) is 0. The van der Waals surface area contributed by atoms with Crippen molar-refractivity contribution in [1.29, 1.82) is 0 Å². The fourth-order valence-electron chi connectivity index (χ4n) is 0. The predicted molar refractivity (Wildman–Crippen MR) is 23.0 cm³/mol. The molecule has 3 nitrogen and oxygen atoms in total. The Bertz CT molecular complexity index is 58.0. The Hall–Kier alpha value is 0.676. The van der Waals surface area contributed by atoms with Crippen molar-refractivity contribution in [3.63, 3.8) is 0 Å². The third kappa shape index (κ3) is 73.2. The highest BCUT2D eigenvalue weighted by Crippen LogP contribution is 1.14. The van der Waals surface area contributed by atoms with Crippen molar-refractivity contribution in [1.82, 2.24) is 0 Å². The maximum absolute atomic E-state index is 8.81. The molecule has 0 amide bonds. The summed E-state index contributed by atoms with van der Waals surface area (Å²) in [5.41, 5.74) is 0. The highest BCUT2D eigenvalue weighted by Gasteiger charge is 1.42. The van der Waals surface area contributed by atoms with E-state index in [2.05, 4.69) is 5.14 Å². The fraction of sp³-hybridized carbons (Fsp3) is 0. The Morgan fingerprint density at radius 3 is 1.40 bits per heavy atom. The molecule has 0 unspecified atom stereocenters. The zero-order chi connectivity index (χ0) is 3.58. The average molecular weight is 107 g/mol. The van der Waals surface area contributed by atoms with E-state index in [0.717, 1.165) is 0 Å². The molecule has 5 heteroatoms. The Labute approximate surface area is 47.8 Å². The van der Waals surface area contributed by atoms with Crippen LogP contribution in [0, 0.1) is 0 Å². The summed E-state index contributed by atoms with van der Waals surface area (Å²) in [5.74, 6) is 0. The van der Waals surface area contributed by atoms with Crippen molar-refractivity contribution < 1.29 is 8.42 Å². The first kappa shape index (κ1) is 9.18. The van der Waals surface area contributed by atoms with Gasteiger partial charge in [0.2, 0.25) is 0 Å². The van der Waals surface area contributed by atoms with Gasteiger partial charge in [0.05, 0.1) is 0 Å². The summed E-state index contributed by atoms with van der Waals surface area (Å²) in [6, 6.07) is 0. The van der Waals surface area contributed by atoms with E-state index in [4.69, 9.17) is 8.42 Å². The van der Waals surface area contributed by atoms with Gasteiger partial charge in [-0.05, 0) is 0 Å². The molecular weight excluding hydrogens is 102 g/mol. The average Bonchev–Trinajstić information content (AvgIpc) is 0.811. The molecule has 0 saturated heterocycles. The van der Waals surface area contributed by atoms with E-state index in [1.165, 1.54) is 0 Å². The van der Waals surface area contributed by atoms with Crippen LogP contribution in [0.1, 0.15) is 0 Å². The molecule has 30 valence electrons. The lowest BCUT2D eigenvalue weighted by atomic mass is 14.0. The maximum Gasteiger partial charge on any atom is 0.316 e. The SMILES string of the molecule is N[SH](=O)=O.[MgH2]. The number of hydrogen-bond acceptors (Lipinski definition) is 2. The summed E-state index contributed by atoms with van der Waals surface area (Å²) in [6.07, 6.45) is 0. The van der Waals surface area contributed by atoms with Crippen LogP contribution in [0.15, 0.2) is 0 Å². The van der Waals surface area contributed by atoms with Crippen LogP contribution in [0.5, 0.6) is 0 Å². The lowest BCUT2D eigenvalue weighted by Crippen LogP contribution is -1.85. The molecule has 0 rings (SSSR count). The zero-order valence-corrected chi connectivity index (χ0v) is 2.74. The molecule has 0 aromatic carbocycles. The van der Waals surface area contributed by atoms with Crippen molar-refractivity contribution in [2.24, 2.45) is 5.14 Å². The quantitative estimate of drug-likeness (QED) is 0.267. The molecule has 0 spiro atoms. The third-order valence-electron chi connectivity index (χ3n) is 0. The summed E-state index contributed by atoms with van der Waals surface area (Å²) in [6.45, 7) is 0. The summed E-state index contributed by atoms with van der Waals surface area (Å²) >= 11 is 0. The van der Waals surface area contributed by atoms with E-state index < -0.39 is 10.9 Å². The van der Waals surface area contributed by atoms with Crippen LogP contribution >= 0.6 is 0 Å². The minimum Gasteiger partial charge on any atom is -0.231 e.